The van der Waals surface area contributed by atoms with Crippen molar-refractivity contribution in [3.8, 4) is 11.5 Å². The summed E-state index contributed by atoms with van der Waals surface area (Å²) in [5.74, 6) is 0.636. The zero-order valence-corrected chi connectivity index (χ0v) is 17.8. The Labute approximate surface area is 185 Å². The second kappa shape index (κ2) is 8.18. The third-order valence-electron chi connectivity index (χ3n) is 4.06. The number of nitrogens with zero attached hydrogens (tertiary/aromatic N) is 1. The van der Waals surface area contributed by atoms with Crippen LogP contribution in [0.25, 0.3) is 6.08 Å². The number of rotatable bonds is 4. The molecule has 1 fully saturated rings. The van der Waals surface area contributed by atoms with Crippen molar-refractivity contribution < 1.29 is 18.7 Å². The Hall–Kier alpha value is -2.98. The van der Waals surface area contributed by atoms with Crippen molar-refractivity contribution >= 4 is 63.5 Å². The summed E-state index contributed by atoms with van der Waals surface area (Å²) < 4.78 is 11.8. The Morgan fingerprint density at radius 1 is 0.966 bits per heavy atom. The second-order valence-electron chi connectivity index (χ2n) is 6.01. The van der Waals surface area contributed by atoms with Crippen molar-refractivity contribution in [2.45, 2.75) is 0 Å². The number of hydrogen-bond acceptors (Lipinski definition) is 5. The highest BCUT2D eigenvalue weighted by Crippen LogP contribution is 2.27. The van der Waals surface area contributed by atoms with E-state index in [1.165, 1.54) is 11.0 Å². The van der Waals surface area contributed by atoms with Crippen LogP contribution in [0.2, 0.25) is 0 Å². The molecular weight excluding hydrogens is 503 g/mol. The van der Waals surface area contributed by atoms with Gasteiger partial charge in [-0.15, -0.1) is 0 Å². The highest BCUT2D eigenvalue weighted by atomic mass is 127. The molecule has 0 spiro atoms. The van der Waals surface area contributed by atoms with Gasteiger partial charge < -0.3 is 9.15 Å². The van der Waals surface area contributed by atoms with E-state index in [9.17, 15) is 9.59 Å². The first kappa shape index (κ1) is 19.3. The molecule has 29 heavy (non-hydrogen) atoms. The lowest BCUT2D eigenvalue weighted by atomic mass is 10.1. The number of furan rings is 1. The highest BCUT2D eigenvalue weighted by molar-refractivity contribution is 14.1. The quantitative estimate of drug-likeness (QED) is 0.239. The van der Waals surface area contributed by atoms with Crippen molar-refractivity contribution in [2.24, 2.45) is 0 Å². The summed E-state index contributed by atoms with van der Waals surface area (Å²) in [5, 5.41) is 2.56. The van der Waals surface area contributed by atoms with E-state index < -0.39 is 11.8 Å². The minimum absolute atomic E-state index is 0.0166. The number of carbonyl (C=O) groups is 2. The maximum absolute atomic E-state index is 13.0. The largest absolute Gasteiger partial charge is 0.457 e. The number of thiocarbonyl (C=S) groups is 1. The van der Waals surface area contributed by atoms with Gasteiger partial charge >= 0.3 is 0 Å². The Morgan fingerprint density at radius 3 is 2.31 bits per heavy atom. The van der Waals surface area contributed by atoms with Crippen LogP contribution in [0.15, 0.2) is 76.7 Å². The lowest BCUT2D eigenvalue weighted by Gasteiger charge is -2.28. The van der Waals surface area contributed by atoms with Gasteiger partial charge in [-0.2, -0.15) is 0 Å². The molecule has 2 amide bonds. The maximum Gasteiger partial charge on any atom is 0.270 e. The molecule has 8 heteroatoms. The van der Waals surface area contributed by atoms with Gasteiger partial charge in [0.1, 0.15) is 22.8 Å². The van der Waals surface area contributed by atoms with Crippen molar-refractivity contribution in [3.63, 3.8) is 0 Å². The standard InChI is InChI=1S/C21H13IN2O4S/c22-18-11-10-16(28-18)12-17-19(25)23-21(29)24(20(17)26)13-6-8-15(9-7-13)27-14-4-2-1-3-5-14/h1-12H,(H,23,25,29). The van der Waals surface area contributed by atoms with Crippen molar-refractivity contribution in [2.75, 3.05) is 4.90 Å². The fraction of sp³-hybridized carbons (Fsp3) is 0. The smallest absolute Gasteiger partial charge is 0.270 e. The molecule has 1 N–H and O–H groups in total. The molecule has 144 valence electrons. The number of nitrogens with one attached hydrogen (secondary N) is 1. The van der Waals surface area contributed by atoms with Crippen LogP contribution in [0.1, 0.15) is 5.76 Å². The minimum Gasteiger partial charge on any atom is -0.457 e. The van der Waals surface area contributed by atoms with E-state index in [-0.39, 0.29) is 10.7 Å². The van der Waals surface area contributed by atoms with Crippen LogP contribution >= 0.6 is 34.8 Å². The zero-order chi connectivity index (χ0) is 20.4. The van der Waals surface area contributed by atoms with E-state index in [1.54, 1.807) is 36.4 Å². The Kier molecular flexibility index (Phi) is 5.45. The van der Waals surface area contributed by atoms with E-state index in [2.05, 4.69) is 5.32 Å². The second-order valence-corrected chi connectivity index (χ2v) is 7.46. The summed E-state index contributed by atoms with van der Waals surface area (Å²) in [5.41, 5.74) is 0.453. The molecule has 1 aliphatic heterocycles. The van der Waals surface area contributed by atoms with Crippen LogP contribution in [0.4, 0.5) is 5.69 Å². The molecule has 1 saturated heterocycles. The fourth-order valence-electron chi connectivity index (χ4n) is 2.73. The fourth-order valence-corrected chi connectivity index (χ4v) is 3.44. The molecule has 3 aromatic rings. The van der Waals surface area contributed by atoms with E-state index in [0.29, 0.717) is 26.7 Å². The molecule has 1 aliphatic rings. The number of benzene rings is 2. The molecule has 4 rings (SSSR count). The summed E-state index contributed by atoms with van der Waals surface area (Å²) in [7, 11) is 0. The van der Waals surface area contributed by atoms with Gasteiger partial charge in [0, 0.05) is 0 Å². The normalized spacial score (nSPS) is 15.6. The van der Waals surface area contributed by atoms with Crippen molar-refractivity contribution in [3.05, 3.63) is 81.8 Å². The molecule has 2 heterocycles. The van der Waals surface area contributed by atoms with Gasteiger partial charge in [0.05, 0.1) is 5.69 Å². The molecule has 0 atom stereocenters. The van der Waals surface area contributed by atoms with E-state index in [0.717, 1.165) is 0 Å². The van der Waals surface area contributed by atoms with Gasteiger partial charge in [0.25, 0.3) is 11.8 Å². The predicted octanol–water partition coefficient (Wildman–Crippen LogP) is 4.51. The first-order chi connectivity index (χ1) is 14.0. The minimum atomic E-state index is -0.563. The molecule has 0 aliphatic carbocycles. The Morgan fingerprint density at radius 2 is 1.66 bits per heavy atom. The summed E-state index contributed by atoms with van der Waals surface area (Å²) in [6.45, 7) is 0. The van der Waals surface area contributed by atoms with E-state index in [4.69, 9.17) is 21.4 Å². The Bertz CT molecular complexity index is 1120. The number of carbonyl (C=O) groups excluding carboxylic acids is 2. The molecule has 0 unspecified atom stereocenters. The highest BCUT2D eigenvalue weighted by Gasteiger charge is 2.34. The van der Waals surface area contributed by atoms with Crippen LogP contribution in [0, 0.1) is 3.77 Å². The predicted molar refractivity (Wildman–Crippen MR) is 121 cm³/mol. The van der Waals surface area contributed by atoms with Gasteiger partial charge in [-0.3, -0.25) is 19.8 Å². The molecule has 6 nitrogen and oxygen atoms in total. The molecule has 0 bridgehead atoms. The zero-order valence-electron chi connectivity index (χ0n) is 14.8. The number of halogens is 1. The average Bonchev–Trinajstić information content (AvgIpc) is 3.12. The number of amides is 2. The topological polar surface area (TPSA) is 71.8 Å². The van der Waals surface area contributed by atoms with Crippen molar-refractivity contribution in [1.29, 1.82) is 0 Å². The monoisotopic (exact) mass is 516 g/mol. The summed E-state index contributed by atoms with van der Waals surface area (Å²) >= 11 is 7.22. The molecule has 2 aromatic carbocycles. The molecule has 0 saturated carbocycles. The van der Waals surface area contributed by atoms with Crippen LogP contribution in [-0.2, 0) is 9.59 Å². The van der Waals surface area contributed by atoms with Crippen LogP contribution in [-0.4, -0.2) is 16.9 Å². The lowest BCUT2D eigenvalue weighted by Crippen LogP contribution is -2.54. The first-order valence-electron chi connectivity index (χ1n) is 8.51. The number of ether oxygens (including phenoxy) is 1. The number of hydrogen-bond donors (Lipinski definition) is 1. The van der Waals surface area contributed by atoms with E-state index in [1.807, 2.05) is 52.9 Å². The van der Waals surface area contributed by atoms with Gasteiger partial charge in [-0.05, 0) is 89.4 Å². The summed E-state index contributed by atoms with van der Waals surface area (Å²) in [6.07, 6.45) is 1.40. The van der Waals surface area contributed by atoms with Crippen LogP contribution in [0.3, 0.4) is 0 Å². The first-order valence-corrected chi connectivity index (χ1v) is 10.00. The third-order valence-corrected chi connectivity index (χ3v) is 4.92. The SMILES string of the molecule is O=C1NC(=S)N(c2ccc(Oc3ccccc3)cc2)C(=O)C1=Cc1ccc(I)o1. The van der Waals surface area contributed by atoms with Crippen LogP contribution in [0.5, 0.6) is 11.5 Å². The number of anilines is 1. The van der Waals surface area contributed by atoms with Gasteiger partial charge in [0.15, 0.2) is 8.88 Å². The molecule has 1 aromatic heterocycles. The van der Waals surface area contributed by atoms with Gasteiger partial charge in [-0.1, -0.05) is 18.2 Å². The summed E-state index contributed by atoms with van der Waals surface area (Å²) in [6, 6.07) is 19.6. The Balaban J connectivity index is 1.59. The summed E-state index contributed by atoms with van der Waals surface area (Å²) in [4.78, 5) is 26.5. The molecular formula is C21H13IN2O4S. The lowest BCUT2D eigenvalue weighted by molar-refractivity contribution is -0.122. The third kappa shape index (κ3) is 4.22. The van der Waals surface area contributed by atoms with Crippen molar-refractivity contribution in [1.82, 2.24) is 5.32 Å². The van der Waals surface area contributed by atoms with Gasteiger partial charge in [-0.25, -0.2) is 0 Å². The van der Waals surface area contributed by atoms with Crippen LogP contribution < -0.4 is 15.0 Å². The average molecular weight is 516 g/mol. The number of para-hydroxylation sites is 1. The van der Waals surface area contributed by atoms with E-state index >= 15 is 0 Å². The molecule has 0 radical (unpaired) electrons. The van der Waals surface area contributed by atoms with Gasteiger partial charge in [0.2, 0.25) is 0 Å². The maximum atomic E-state index is 13.0.